The van der Waals surface area contributed by atoms with Crippen molar-refractivity contribution in [3.8, 4) is 5.75 Å². The fraction of sp³-hybridized carbons (Fsp3) is 0.125. The maximum absolute atomic E-state index is 12.2. The van der Waals surface area contributed by atoms with E-state index in [9.17, 15) is 18.0 Å². The number of para-hydroxylation sites is 1. The third-order valence-electron chi connectivity index (χ3n) is 4.51. The number of anilines is 2. The first-order valence-corrected chi connectivity index (χ1v) is 12.6. The Labute approximate surface area is 208 Å². The number of amides is 2. The monoisotopic (exact) mass is 514 g/mol. The molecule has 0 aliphatic carbocycles. The normalized spacial score (nSPS) is 11.1. The summed E-state index contributed by atoms with van der Waals surface area (Å²) < 4.78 is 30.6. The summed E-state index contributed by atoms with van der Waals surface area (Å²) in [6.45, 7) is -0.599. The molecule has 0 saturated carbocycles. The van der Waals surface area contributed by atoms with Crippen LogP contribution in [0.1, 0.15) is 5.56 Å². The number of ether oxygens (including phenoxy) is 1. The van der Waals surface area contributed by atoms with Crippen LogP contribution >= 0.6 is 11.6 Å². The van der Waals surface area contributed by atoms with E-state index >= 15 is 0 Å². The Morgan fingerprint density at radius 2 is 1.63 bits per heavy atom. The Hall–Kier alpha value is -3.89. The van der Waals surface area contributed by atoms with Gasteiger partial charge in [0.25, 0.3) is 11.8 Å². The van der Waals surface area contributed by atoms with Crippen LogP contribution in [0.4, 0.5) is 11.4 Å². The molecule has 3 rings (SSSR count). The lowest BCUT2D eigenvalue weighted by Gasteiger charge is -2.21. The quantitative estimate of drug-likeness (QED) is 0.318. The summed E-state index contributed by atoms with van der Waals surface area (Å²) in [5.41, 5.74) is 3.96. The highest BCUT2D eigenvalue weighted by atomic mass is 35.5. The number of carbonyl (C=O) groups is 2. The molecule has 0 saturated heterocycles. The molecule has 3 aromatic rings. The molecule has 35 heavy (non-hydrogen) atoms. The van der Waals surface area contributed by atoms with Crippen molar-refractivity contribution in [2.24, 2.45) is 5.10 Å². The number of halogens is 1. The second-order valence-corrected chi connectivity index (χ2v) is 9.65. The Bertz CT molecular complexity index is 1280. The molecule has 0 heterocycles. The second kappa shape index (κ2) is 12.0. The van der Waals surface area contributed by atoms with Crippen molar-refractivity contribution in [1.82, 2.24) is 5.43 Å². The highest BCUT2D eigenvalue weighted by molar-refractivity contribution is 7.92. The lowest BCUT2D eigenvalue weighted by Crippen LogP contribution is -2.38. The largest absolute Gasteiger partial charge is 0.484 e. The molecule has 0 aliphatic rings. The third kappa shape index (κ3) is 8.43. The van der Waals surface area contributed by atoms with Crippen molar-refractivity contribution in [3.05, 3.63) is 89.4 Å². The Morgan fingerprint density at radius 3 is 2.26 bits per heavy atom. The van der Waals surface area contributed by atoms with E-state index in [1.807, 2.05) is 18.2 Å². The molecule has 0 aliphatic heterocycles. The van der Waals surface area contributed by atoms with Gasteiger partial charge in [0, 0.05) is 10.7 Å². The molecular weight excluding hydrogens is 492 g/mol. The number of rotatable bonds is 10. The molecule has 3 aromatic carbocycles. The lowest BCUT2D eigenvalue weighted by molar-refractivity contribution is -0.119. The zero-order valence-electron chi connectivity index (χ0n) is 18.7. The van der Waals surface area contributed by atoms with E-state index in [0.29, 0.717) is 27.7 Å². The standard InChI is InChI=1S/C24H23ClN4O5S/c1-35(32,33)29(21-11-9-19(25)10-12-21)16-23(30)28-26-15-18-7-13-22(14-8-18)34-17-24(31)27-20-5-3-2-4-6-20/h2-15H,16-17H2,1H3,(H,27,31)(H,28,30)/b26-15-. The minimum absolute atomic E-state index is 0.150. The fourth-order valence-electron chi connectivity index (χ4n) is 2.87. The van der Waals surface area contributed by atoms with Crippen molar-refractivity contribution < 1.29 is 22.7 Å². The molecule has 0 spiro atoms. The first-order chi connectivity index (χ1) is 16.7. The smallest absolute Gasteiger partial charge is 0.262 e. The summed E-state index contributed by atoms with van der Waals surface area (Å²) in [4.78, 5) is 24.2. The first kappa shape index (κ1) is 25.7. The van der Waals surface area contributed by atoms with E-state index in [4.69, 9.17) is 16.3 Å². The second-order valence-electron chi connectivity index (χ2n) is 7.31. The first-order valence-electron chi connectivity index (χ1n) is 10.3. The molecule has 182 valence electrons. The van der Waals surface area contributed by atoms with E-state index in [2.05, 4.69) is 15.8 Å². The van der Waals surface area contributed by atoms with Crippen LogP contribution in [-0.4, -0.2) is 45.9 Å². The van der Waals surface area contributed by atoms with Gasteiger partial charge in [-0.15, -0.1) is 0 Å². The molecule has 0 atom stereocenters. The van der Waals surface area contributed by atoms with Crippen molar-refractivity contribution in [2.45, 2.75) is 0 Å². The highest BCUT2D eigenvalue weighted by Gasteiger charge is 2.20. The third-order valence-corrected chi connectivity index (χ3v) is 5.91. The van der Waals surface area contributed by atoms with Crippen molar-refractivity contribution >= 4 is 51.0 Å². The van der Waals surface area contributed by atoms with Crippen LogP contribution in [-0.2, 0) is 19.6 Å². The summed E-state index contributed by atoms with van der Waals surface area (Å²) in [6, 6.07) is 21.8. The Morgan fingerprint density at radius 1 is 0.971 bits per heavy atom. The van der Waals surface area contributed by atoms with E-state index in [-0.39, 0.29) is 12.5 Å². The minimum Gasteiger partial charge on any atom is -0.484 e. The average Bonchev–Trinajstić information content (AvgIpc) is 2.83. The van der Waals surface area contributed by atoms with E-state index in [1.165, 1.54) is 30.5 Å². The van der Waals surface area contributed by atoms with Crippen molar-refractivity contribution in [1.29, 1.82) is 0 Å². The predicted molar refractivity (Wildman–Crippen MR) is 136 cm³/mol. The van der Waals surface area contributed by atoms with Gasteiger partial charge >= 0.3 is 0 Å². The van der Waals surface area contributed by atoms with Gasteiger partial charge in [-0.3, -0.25) is 13.9 Å². The number of benzene rings is 3. The van der Waals surface area contributed by atoms with Gasteiger partial charge in [0.15, 0.2) is 6.61 Å². The van der Waals surface area contributed by atoms with Gasteiger partial charge in [0.1, 0.15) is 12.3 Å². The summed E-state index contributed by atoms with van der Waals surface area (Å²) in [6.07, 6.45) is 2.41. The summed E-state index contributed by atoms with van der Waals surface area (Å²) >= 11 is 5.84. The topological polar surface area (TPSA) is 117 Å². The Balaban J connectivity index is 1.49. The molecule has 0 fully saturated rings. The molecule has 2 amide bonds. The van der Waals surface area contributed by atoms with Gasteiger partial charge in [-0.25, -0.2) is 13.8 Å². The molecule has 9 nitrogen and oxygen atoms in total. The number of carbonyl (C=O) groups excluding carboxylic acids is 2. The summed E-state index contributed by atoms with van der Waals surface area (Å²) in [5, 5.41) is 7.04. The molecule has 11 heteroatoms. The van der Waals surface area contributed by atoms with Crippen molar-refractivity contribution in [3.63, 3.8) is 0 Å². The van der Waals surface area contributed by atoms with E-state index in [0.717, 1.165) is 10.6 Å². The maximum atomic E-state index is 12.2. The van der Waals surface area contributed by atoms with Gasteiger partial charge in [-0.2, -0.15) is 5.10 Å². The predicted octanol–water partition coefficient (Wildman–Crippen LogP) is 3.27. The lowest BCUT2D eigenvalue weighted by atomic mass is 10.2. The van der Waals surface area contributed by atoms with E-state index in [1.54, 1.807) is 36.4 Å². The number of nitrogens with one attached hydrogen (secondary N) is 2. The van der Waals surface area contributed by atoms with Gasteiger partial charge in [0.05, 0.1) is 18.2 Å². The van der Waals surface area contributed by atoms with Crippen LogP contribution < -0.4 is 19.8 Å². The zero-order valence-corrected chi connectivity index (χ0v) is 20.3. The maximum Gasteiger partial charge on any atom is 0.262 e. The molecule has 0 aromatic heterocycles. The van der Waals surface area contributed by atoms with Gasteiger partial charge in [-0.05, 0) is 66.2 Å². The van der Waals surface area contributed by atoms with Crippen LogP contribution in [0, 0.1) is 0 Å². The van der Waals surface area contributed by atoms with E-state index < -0.39 is 22.5 Å². The van der Waals surface area contributed by atoms with Crippen LogP contribution in [0.3, 0.4) is 0 Å². The number of hydrogen-bond acceptors (Lipinski definition) is 6. The summed E-state index contributed by atoms with van der Waals surface area (Å²) in [7, 11) is -3.70. The van der Waals surface area contributed by atoms with Crippen LogP contribution in [0.2, 0.25) is 5.02 Å². The highest BCUT2D eigenvalue weighted by Crippen LogP contribution is 2.20. The number of hydrazone groups is 1. The number of nitrogens with zero attached hydrogens (tertiary/aromatic N) is 2. The van der Waals surface area contributed by atoms with Crippen LogP contribution in [0.15, 0.2) is 84.0 Å². The molecule has 0 radical (unpaired) electrons. The zero-order chi connectivity index (χ0) is 25.3. The average molecular weight is 515 g/mol. The van der Waals surface area contributed by atoms with Crippen LogP contribution in [0.25, 0.3) is 0 Å². The van der Waals surface area contributed by atoms with Crippen molar-refractivity contribution in [2.75, 3.05) is 29.0 Å². The van der Waals surface area contributed by atoms with Gasteiger partial charge < -0.3 is 10.1 Å². The number of hydrogen-bond donors (Lipinski definition) is 2. The van der Waals surface area contributed by atoms with Crippen LogP contribution in [0.5, 0.6) is 5.75 Å². The van der Waals surface area contributed by atoms with Gasteiger partial charge in [-0.1, -0.05) is 29.8 Å². The fourth-order valence-corrected chi connectivity index (χ4v) is 3.85. The number of sulfonamides is 1. The molecule has 0 bridgehead atoms. The SMILES string of the molecule is CS(=O)(=O)N(CC(=O)N/N=C\c1ccc(OCC(=O)Nc2ccccc2)cc1)c1ccc(Cl)cc1. The summed E-state index contributed by atoms with van der Waals surface area (Å²) in [5.74, 6) is -0.418. The molecular formula is C24H23ClN4O5S. The molecule has 0 unspecified atom stereocenters. The minimum atomic E-state index is -3.70. The Kier molecular flexibility index (Phi) is 8.82. The molecule has 2 N–H and O–H groups in total. The van der Waals surface area contributed by atoms with Gasteiger partial charge in [0.2, 0.25) is 10.0 Å².